The molecule has 0 amide bonds. The summed E-state index contributed by atoms with van der Waals surface area (Å²) in [5.74, 6) is 0.217. The molecule has 0 bridgehead atoms. The van der Waals surface area contributed by atoms with Gasteiger partial charge in [0.05, 0.1) is 6.54 Å². The van der Waals surface area contributed by atoms with Crippen LogP contribution in [0, 0.1) is 6.92 Å². The third-order valence-electron chi connectivity index (χ3n) is 3.80. The molecule has 2 heterocycles. The molecule has 0 aliphatic heterocycles. The lowest BCUT2D eigenvalue weighted by molar-refractivity contribution is 0.702. The predicted molar refractivity (Wildman–Crippen MR) is 84.9 cm³/mol. The molecule has 0 radical (unpaired) electrons. The number of aromatic nitrogens is 4. The summed E-state index contributed by atoms with van der Waals surface area (Å²) in [5, 5.41) is 0. The molecule has 2 aromatic heterocycles. The molecular weight excluding hydrogens is 282 g/mol. The van der Waals surface area contributed by atoms with Crippen LogP contribution in [-0.2, 0) is 20.6 Å². The fourth-order valence-electron chi connectivity index (χ4n) is 2.62. The van der Waals surface area contributed by atoms with E-state index in [-0.39, 0.29) is 5.95 Å². The Morgan fingerprint density at radius 1 is 1.18 bits per heavy atom. The normalized spacial score (nSPS) is 11.2. The van der Waals surface area contributed by atoms with Crippen molar-refractivity contribution in [2.75, 3.05) is 5.73 Å². The van der Waals surface area contributed by atoms with Crippen molar-refractivity contribution < 1.29 is 0 Å². The Morgan fingerprint density at radius 3 is 2.59 bits per heavy atom. The maximum Gasteiger partial charge on any atom is 0.332 e. The standard InChI is InChI=1S/C15H17N5O2/c1-9-5-4-6-10(7-9)8-20-11-12(17-14(20)16)18(2)15(22)19(3)13(11)21/h4-7H,8H2,1-3H3,(H2,16,17). The van der Waals surface area contributed by atoms with Crippen LogP contribution in [0.25, 0.3) is 11.2 Å². The van der Waals surface area contributed by atoms with E-state index >= 15 is 0 Å². The molecule has 0 spiro atoms. The van der Waals surface area contributed by atoms with Crippen LogP contribution in [0.5, 0.6) is 0 Å². The number of rotatable bonds is 2. The number of imidazole rings is 1. The molecule has 22 heavy (non-hydrogen) atoms. The van der Waals surface area contributed by atoms with E-state index < -0.39 is 11.2 Å². The van der Waals surface area contributed by atoms with E-state index in [1.165, 1.54) is 11.6 Å². The molecule has 3 rings (SSSR count). The lowest BCUT2D eigenvalue weighted by Crippen LogP contribution is -2.37. The SMILES string of the molecule is Cc1cccc(Cn2c(N)nc3c2c(=O)n(C)c(=O)n3C)c1. The van der Waals surface area contributed by atoms with Crippen molar-refractivity contribution in [3.05, 3.63) is 56.2 Å². The largest absolute Gasteiger partial charge is 0.369 e. The number of fused-ring (bicyclic) bond motifs is 1. The number of benzene rings is 1. The van der Waals surface area contributed by atoms with Crippen LogP contribution in [0.15, 0.2) is 33.9 Å². The molecular formula is C15H17N5O2. The van der Waals surface area contributed by atoms with Gasteiger partial charge in [0.15, 0.2) is 11.2 Å². The Morgan fingerprint density at radius 2 is 1.91 bits per heavy atom. The summed E-state index contributed by atoms with van der Waals surface area (Å²) >= 11 is 0. The highest BCUT2D eigenvalue weighted by Crippen LogP contribution is 2.15. The molecule has 0 atom stereocenters. The molecule has 2 N–H and O–H groups in total. The minimum Gasteiger partial charge on any atom is -0.369 e. The number of hydrogen-bond acceptors (Lipinski definition) is 4. The summed E-state index contributed by atoms with van der Waals surface area (Å²) in [5.41, 5.74) is 7.94. The Hall–Kier alpha value is -2.83. The molecule has 114 valence electrons. The maximum atomic E-state index is 12.4. The summed E-state index contributed by atoms with van der Waals surface area (Å²) in [6, 6.07) is 7.94. The lowest BCUT2D eigenvalue weighted by Gasteiger charge is -2.08. The Bertz CT molecular complexity index is 994. The molecule has 0 aliphatic carbocycles. The summed E-state index contributed by atoms with van der Waals surface area (Å²) in [4.78, 5) is 28.6. The van der Waals surface area contributed by atoms with E-state index in [0.29, 0.717) is 17.7 Å². The zero-order valence-electron chi connectivity index (χ0n) is 12.7. The van der Waals surface area contributed by atoms with Gasteiger partial charge in [-0.1, -0.05) is 29.8 Å². The highest BCUT2D eigenvalue weighted by molar-refractivity contribution is 5.73. The minimum absolute atomic E-state index is 0.217. The minimum atomic E-state index is -0.419. The average molecular weight is 299 g/mol. The van der Waals surface area contributed by atoms with Crippen LogP contribution >= 0.6 is 0 Å². The van der Waals surface area contributed by atoms with Gasteiger partial charge in [-0.3, -0.25) is 13.9 Å². The van der Waals surface area contributed by atoms with Gasteiger partial charge in [-0.2, -0.15) is 4.98 Å². The van der Waals surface area contributed by atoms with Gasteiger partial charge in [0.25, 0.3) is 5.56 Å². The van der Waals surface area contributed by atoms with E-state index in [2.05, 4.69) is 4.98 Å². The quantitative estimate of drug-likeness (QED) is 0.740. The van der Waals surface area contributed by atoms with Crippen molar-refractivity contribution in [1.82, 2.24) is 18.7 Å². The van der Waals surface area contributed by atoms with Crippen LogP contribution < -0.4 is 17.0 Å². The summed E-state index contributed by atoms with van der Waals surface area (Å²) in [6.45, 7) is 2.43. The monoisotopic (exact) mass is 299 g/mol. The van der Waals surface area contributed by atoms with Crippen LogP contribution in [0.2, 0.25) is 0 Å². The van der Waals surface area contributed by atoms with Crippen LogP contribution in [0.4, 0.5) is 5.95 Å². The van der Waals surface area contributed by atoms with Gasteiger partial charge in [0.2, 0.25) is 5.95 Å². The summed E-state index contributed by atoms with van der Waals surface area (Å²) in [7, 11) is 3.03. The van der Waals surface area contributed by atoms with Crippen molar-refractivity contribution >= 4 is 17.1 Å². The van der Waals surface area contributed by atoms with Gasteiger partial charge in [0.1, 0.15) is 0 Å². The number of aryl methyl sites for hydroxylation is 2. The molecule has 7 nitrogen and oxygen atoms in total. The van der Waals surface area contributed by atoms with Gasteiger partial charge >= 0.3 is 5.69 Å². The van der Waals surface area contributed by atoms with E-state index in [1.54, 1.807) is 11.6 Å². The van der Waals surface area contributed by atoms with Gasteiger partial charge < -0.3 is 10.3 Å². The van der Waals surface area contributed by atoms with Crippen molar-refractivity contribution in [1.29, 1.82) is 0 Å². The first-order chi connectivity index (χ1) is 10.4. The van der Waals surface area contributed by atoms with Gasteiger partial charge in [-0.05, 0) is 12.5 Å². The van der Waals surface area contributed by atoms with Gasteiger partial charge in [-0.15, -0.1) is 0 Å². The molecule has 0 aliphatic rings. The van der Waals surface area contributed by atoms with Crippen molar-refractivity contribution in [3.63, 3.8) is 0 Å². The molecule has 7 heteroatoms. The van der Waals surface area contributed by atoms with Gasteiger partial charge in [0, 0.05) is 14.1 Å². The third-order valence-corrected chi connectivity index (χ3v) is 3.80. The molecule has 0 saturated carbocycles. The lowest BCUT2D eigenvalue weighted by atomic mass is 10.1. The van der Waals surface area contributed by atoms with Crippen LogP contribution in [0.1, 0.15) is 11.1 Å². The first kappa shape index (κ1) is 14.1. The van der Waals surface area contributed by atoms with Crippen molar-refractivity contribution in [3.8, 4) is 0 Å². The average Bonchev–Trinajstić information content (AvgIpc) is 2.80. The summed E-state index contributed by atoms with van der Waals surface area (Å²) < 4.78 is 4.04. The van der Waals surface area contributed by atoms with Crippen molar-refractivity contribution in [2.24, 2.45) is 14.1 Å². The molecule has 0 fully saturated rings. The zero-order valence-corrected chi connectivity index (χ0v) is 12.7. The number of nitrogens with two attached hydrogens (primary N) is 1. The number of hydrogen-bond donors (Lipinski definition) is 1. The summed E-state index contributed by atoms with van der Waals surface area (Å²) in [6.07, 6.45) is 0. The van der Waals surface area contributed by atoms with Crippen LogP contribution in [0.3, 0.4) is 0 Å². The van der Waals surface area contributed by atoms with E-state index in [4.69, 9.17) is 5.73 Å². The second-order valence-electron chi connectivity index (χ2n) is 5.42. The smallest absolute Gasteiger partial charge is 0.332 e. The highest BCUT2D eigenvalue weighted by Gasteiger charge is 2.17. The van der Waals surface area contributed by atoms with E-state index in [1.807, 2.05) is 31.2 Å². The maximum absolute atomic E-state index is 12.4. The number of anilines is 1. The topological polar surface area (TPSA) is 87.8 Å². The second kappa shape index (κ2) is 4.87. The fraction of sp³-hybridized carbons (Fsp3) is 0.267. The molecule has 0 unspecified atom stereocenters. The van der Waals surface area contributed by atoms with Crippen molar-refractivity contribution in [2.45, 2.75) is 13.5 Å². The fourth-order valence-corrected chi connectivity index (χ4v) is 2.62. The Kier molecular flexibility index (Phi) is 3.13. The molecule has 3 aromatic rings. The Balaban J connectivity index is 2.29. The first-order valence-corrected chi connectivity index (χ1v) is 6.87. The molecule has 1 aromatic carbocycles. The highest BCUT2D eigenvalue weighted by atomic mass is 16.2. The molecule has 0 saturated heterocycles. The predicted octanol–water partition coefficient (Wildman–Crippen LogP) is 0.373. The first-order valence-electron chi connectivity index (χ1n) is 6.87. The number of nitrogen functional groups attached to an aromatic ring is 1. The Labute approximate surface area is 126 Å². The van der Waals surface area contributed by atoms with E-state index in [9.17, 15) is 9.59 Å². The second-order valence-corrected chi connectivity index (χ2v) is 5.42. The van der Waals surface area contributed by atoms with E-state index in [0.717, 1.165) is 15.7 Å². The van der Waals surface area contributed by atoms with Gasteiger partial charge in [-0.25, -0.2) is 4.79 Å². The number of nitrogens with zero attached hydrogens (tertiary/aromatic N) is 4. The zero-order chi connectivity index (χ0) is 16.0. The third kappa shape index (κ3) is 2.02. The van der Waals surface area contributed by atoms with Crippen LogP contribution in [-0.4, -0.2) is 18.7 Å².